The molecule has 0 unspecified atom stereocenters. The van der Waals surface area contributed by atoms with Crippen LogP contribution < -0.4 is 4.90 Å². The van der Waals surface area contributed by atoms with Crippen molar-refractivity contribution in [1.29, 1.82) is 0 Å². The molecule has 1 radical (unpaired) electrons. The third-order valence-electron chi connectivity index (χ3n) is 1.27. The molecule has 0 saturated heterocycles. The van der Waals surface area contributed by atoms with Crippen molar-refractivity contribution in [3.8, 4) is 0 Å². The van der Waals surface area contributed by atoms with Crippen LogP contribution in [0.1, 0.15) is 0 Å². The van der Waals surface area contributed by atoms with Crippen molar-refractivity contribution in [2.24, 2.45) is 0 Å². The number of nitrogens with zero attached hydrogens (tertiary/aromatic N) is 1. The number of hydrogen-bond acceptors (Lipinski definition) is 3. The second-order valence-corrected chi connectivity index (χ2v) is 2.89. The van der Waals surface area contributed by atoms with Gasteiger partial charge in [0, 0.05) is 19.0 Å². The molecule has 0 aromatic carbocycles. The van der Waals surface area contributed by atoms with Crippen LogP contribution in [0.25, 0.3) is 0 Å². The maximum atomic E-state index is 8.59. The quantitative estimate of drug-likeness (QED) is 0.705. The van der Waals surface area contributed by atoms with Gasteiger partial charge < -0.3 is 10.0 Å². The summed E-state index contributed by atoms with van der Waals surface area (Å²) in [4.78, 5) is 2.00. The molecule has 0 spiro atoms. The predicted octanol–water partition coefficient (Wildman–Crippen LogP) is 0.977. The average molecular weight is 156 g/mol. The van der Waals surface area contributed by atoms with E-state index in [-0.39, 0.29) is 6.61 Å². The third-order valence-corrected chi connectivity index (χ3v) is 2.18. The zero-order valence-electron chi connectivity index (χ0n) is 5.87. The summed E-state index contributed by atoms with van der Waals surface area (Å²) < 4.78 is 0. The Labute approximate surface area is 64.7 Å². The average Bonchev–Trinajstić information content (AvgIpc) is 2.38. The Morgan fingerprint density at radius 3 is 3.10 bits per heavy atom. The Morgan fingerprint density at radius 1 is 1.80 bits per heavy atom. The lowest BCUT2D eigenvalue weighted by atomic mass is 10.5. The summed E-state index contributed by atoms with van der Waals surface area (Å²) in [7, 11) is 1.95. The first-order valence-electron chi connectivity index (χ1n) is 3.12. The van der Waals surface area contributed by atoms with E-state index in [1.165, 1.54) is 0 Å². The second-order valence-electron chi connectivity index (χ2n) is 2.04. The molecule has 0 amide bonds. The van der Waals surface area contributed by atoms with Gasteiger partial charge in [-0.05, 0) is 12.1 Å². The first-order valence-corrected chi connectivity index (χ1v) is 3.94. The molecule has 0 aliphatic rings. The van der Waals surface area contributed by atoms with Crippen LogP contribution in [-0.4, -0.2) is 25.3 Å². The SMILES string of the molecule is CN(CCO)c1cc[c]s1. The van der Waals surface area contributed by atoms with Crippen LogP contribution in [0.15, 0.2) is 12.1 Å². The minimum atomic E-state index is 0.203. The lowest BCUT2D eigenvalue weighted by Crippen LogP contribution is -2.19. The van der Waals surface area contributed by atoms with Gasteiger partial charge in [-0.3, -0.25) is 0 Å². The van der Waals surface area contributed by atoms with Crippen molar-refractivity contribution in [3.05, 3.63) is 17.5 Å². The Hall–Kier alpha value is -0.540. The van der Waals surface area contributed by atoms with Gasteiger partial charge in [-0.25, -0.2) is 0 Å². The molecule has 2 nitrogen and oxygen atoms in total. The fourth-order valence-electron chi connectivity index (χ4n) is 0.699. The van der Waals surface area contributed by atoms with Crippen molar-refractivity contribution >= 4 is 16.3 Å². The summed E-state index contributed by atoms with van der Waals surface area (Å²) in [6.07, 6.45) is 0. The minimum absolute atomic E-state index is 0.203. The van der Waals surface area contributed by atoms with Gasteiger partial charge in [0.25, 0.3) is 0 Å². The van der Waals surface area contributed by atoms with Crippen molar-refractivity contribution in [2.45, 2.75) is 0 Å². The van der Waals surface area contributed by atoms with Crippen LogP contribution in [0.5, 0.6) is 0 Å². The van der Waals surface area contributed by atoms with Gasteiger partial charge >= 0.3 is 0 Å². The van der Waals surface area contributed by atoms with Gasteiger partial charge in [0.2, 0.25) is 0 Å². The zero-order valence-corrected chi connectivity index (χ0v) is 6.69. The standard InChI is InChI=1S/C7H10NOS/c1-8(4-5-9)7-3-2-6-10-7/h2-3,9H,4-5H2,1H3. The molecule has 0 fully saturated rings. The first kappa shape index (κ1) is 7.57. The minimum Gasteiger partial charge on any atom is -0.395 e. The first-order chi connectivity index (χ1) is 4.84. The van der Waals surface area contributed by atoms with Gasteiger partial charge in [0.1, 0.15) is 0 Å². The third kappa shape index (κ3) is 1.72. The van der Waals surface area contributed by atoms with Crippen LogP contribution in [-0.2, 0) is 0 Å². The molecule has 0 atom stereocenters. The van der Waals surface area contributed by atoms with E-state index in [0.717, 1.165) is 5.00 Å². The van der Waals surface area contributed by atoms with E-state index < -0.39 is 0 Å². The smallest absolute Gasteiger partial charge is 0.0913 e. The molecule has 1 aromatic heterocycles. The predicted molar refractivity (Wildman–Crippen MR) is 43.5 cm³/mol. The van der Waals surface area contributed by atoms with Crippen molar-refractivity contribution in [3.63, 3.8) is 0 Å². The zero-order chi connectivity index (χ0) is 7.40. The number of rotatable bonds is 3. The molecule has 1 rings (SSSR count). The molecule has 0 saturated carbocycles. The van der Waals surface area contributed by atoms with Gasteiger partial charge in [0.15, 0.2) is 0 Å². The Bertz CT molecular complexity index is 174. The van der Waals surface area contributed by atoms with E-state index >= 15 is 0 Å². The van der Waals surface area contributed by atoms with Gasteiger partial charge in [-0.15, -0.1) is 11.3 Å². The summed E-state index contributed by atoms with van der Waals surface area (Å²) in [5, 5.41) is 12.7. The molecule has 0 aliphatic heterocycles. The number of likely N-dealkylation sites (N-methyl/N-ethyl adjacent to an activating group) is 1. The van der Waals surface area contributed by atoms with Crippen LogP contribution in [0.3, 0.4) is 0 Å². The molecule has 1 aromatic rings. The van der Waals surface area contributed by atoms with Gasteiger partial charge in [-0.2, -0.15) is 0 Å². The summed E-state index contributed by atoms with van der Waals surface area (Å²) >= 11 is 1.56. The Morgan fingerprint density at radius 2 is 2.60 bits per heavy atom. The van der Waals surface area contributed by atoms with E-state index in [0.29, 0.717) is 6.54 Å². The van der Waals surface area contributed by atoms with Crippen LogP contribution in [0.4, 0.5) is 5.00 Å². The molecular weight excluding hydrogens is 146 g/mol. The molecule has 10 heavy (non-hydrogen) atoms. The fraction of sp³-hybridized carbons (Fsp3) is 0.429. The topological polar surface area (TPSA) is 23.5 Å². The van der Waals surface area contributed by atoms with Crippen molar-refractivity contribution in [2.75, 3.05) is 25.1 Å². The molecule has 0 aliphatic carbocycles. The summed E-state index contributed by atoms with van der Waals surface area (Å²) in [6.45, 7) is 0.892. The highest BCUT2D eigenvalue weighted by Gasteiger charge is 1.98. The van der Waals surface area contributed by atoms with Gasteiger partial charge in [0.05, 0.1) is 11.6 Å². The normalized spacial score (nSPS) is 9.80. The molecule has 55 valence electrons. The monoisotopic (exact) mass is 156 g/mol. The highest BCUT2D eigenvalue weighted by Crippen LogP contribution is 2.17. The lowest BCUT2D eigenvalue weighted by Gasteiger charge is -2.14. The van der Waals surface area contributed by atoms with Gasteiger partial charge in [-0.1, -0.05) is 0 Å². The Balaban J connectivity index is 2.50. The van der Waals surface area contributed by atoms with Crippen molar-refractivity contribution < 1.29 is 5.11 Å². The van der Waals surface area contributed by atoms with E-state index in [2.05, 4.69) is 5.38 Å². The number of anilines is 1. The number of thiophene rings is 1. The number of aliphatic hydroxyl groups is 1. The highest BCUT2D eigenvalue weighted by molar-refractivity contribution is 7.13. The summed E-state index contributed by atoms with van der Waals surface area (Å²) in [5.74, 6) is 0. The lowest BCUT2D eigenvalue weighted by molar-refractivity contribution is 0.304. The number of hydrogen-bond donors (Lipinski definition) is 1. The molecule has 1 heterocycles. The Kier molecular flexibility index (Phi) is 2.71. The molecule has 0 bridgehead atoms. The van der Waals surface area contributed by atoms with Crippen LogP contribution >= 0.6 is 11.3 Å². The maximum Gasteiger partial charge on any atom is 0.0913 e. The van der Waals surface area contributed by atoms with E-state index in [9.17, 15) is 0 Å². The molecule has 1 N–H and O–H groups in total. The number of aliphatic hydroxyl groups excluding tert-OH is 1. The largest absolute Gasteiger partial charge is 0.395 e. The van der Waals surface area contributed by atoms with Crippen LogP contribution in [0.2, 0.25) is 0 Å². The maximum absolute atomic E-state index is 8.59. The van der Waals surface area contributed by atoms with E-state index in [1.54, 1.807) is 11.3 Å². The molecule has 3 heteroatoms. The van der Waals surface area contributed by atoms with Crippen molar-refractivity contribution in [1.82, 2.24) is 0 Å². The highest BCUT2D eigenvalue weighted by atomic mass is 32.1. The van der Waals surface area contributed by atoms with E-state index in [1.807, 2.05) is 24.1 Å². The van der Waals surface area contributed by atoms with E-state index in [4.69, 9.17) is 5.11 Å². The fourth-order valence-corrected chi connectivity index (χ4v) is 1.34. The second kappa shape index (κ2) is 3.58. The summed E-state index contributed by atoms with van der Waals surface area (Å²) in [5.41, 5.74) is 0. The van der Waals surface area contributed by atoms with Crippen LogP contribution in [0, 0.1) is 5.38 Å². The molecular formula is C7H10NOS. The summed E-state index contributed by atoms with van der Waals surface area (Å²) in [6, 6.07) is 3.87.